The lowest BCUT2D eigenvalue weighted by atomic mass is 9.67. The first-order valence-corrected chi connectivity index (χ1v) is 6.17. The summed E-state index contributed by atoms with van der Waals surface area (Å²) in [5.74, 6) is 0.177. The Hall–Kier alpha value is -0.0500. The largest absolute Gasteiger partial charge is 0.356 e. The lowest BCUT2D eigenvalue weighted by Gasteiger charge is -2.41. The highest BCUT2D eigenvalue weighted by Gasteiger charge is 2.34. The lowest BCUT2D eigenvalue weighted by Crippen LogP contribution is -2.41. The second kappa shape index (κ2) is 4.99. The number of rotatable bonds is 5. The summed E-state index contributed by atoms with van der Waals surface area (Å²) in [7, 11) is 0. The van der Waals surface area contributed by atoms with Gasteiger partial charge < -0.3 is 5.32 Å². The van der Waals surface area contributed by atoms with E-state index in [9.17, 15) is 4.79 Å². The van der Waals surface area contributed by atoms with Crippen LogP contribution in [0, 0.1) is 5.41 Å². The molecule has 0 atom stereocenters. The summed E-state index contributed by atoms with van der Waals surface area (Å²) in [5.41, 5.74) is 0.446. The molecule has 2 nitrogen and oxygen atoms in total. The fourth-order valence-corrected chi connectivity index (χ4v) is 2.15. The van der Waals surface area contributed by atoms with Crippen molar-refractivity contribution in [3.05, 3.63) is 0 Å². The minimum absolute atomic E-state index is 0.177. The predicted octanol–water partition coefficient (Wildman–Crippen LogP) is 2.47. The molecule has 1 saturated carbocycles. The molecule has 1 aliphatic carbocycles. The Morgan fingerprint density at radius 2 is 2.23 bits per heavy atom. The average Bonchev–Trinajstić information content (AvgIpc) is 2.04. The molecule has 0 spiro atoms. The van der Waals surface area contributed by atoms with Gasteiger partial charge in [0, 0.05) is 18.3 Å². The van der Waals surface area contributed by atoms with Crippen LogP contribution in [0.5, 0.6) is 0 Å². The number of carbonyl (C=O) groups is 1. The predicted molar refractivity (Wildman–Crippen MR) is 58.0 cm³/mol. The zero-order chi connectivity index (χ0) is 9.73. The summed E-state index contributed by atoms with van der Waals surface area (Å²) in [4.78, 5) is 11.2. The Balaban J connectivity index is 2.20. The Labute approximate surface area is 88.6 Å². The molecule has 1 rings (SSSR count). The summed E-state index contributed by atoms with van der Waals surface area (Å²) < 4.78 is 0. The van der Waals surface area contributed by atoms with E-state index in [1.807, 2.05) is 0 Å². The number of halogens is 1. The zero-order valence-electron chi connectivity index (χ0n) is 8.24. The van der Waals surface area contributed by atoms with Crippen molar-refractivity contribution in [1.29, 1.82) is 0 Å². The Kier molecular flexibility index (Phi) is 4.23. The Bertz CT molecular complexity index is 172. The van der Waals surface area contributed by atoms with Gasteiger partial charge in [0.15, 0.2) is 0 Å². The minimum atomic E-state index is 0.177. The zero-order valence-corrected chi connectivity index (χ0v) is 9.82. The van der Waals surface area contributed by atoms with Crippen molar-refractivity contribution in [2.24, 2.45) is 5.41 Å². The van der Waals surface area contributed by atoms with Gasteiger partial charge in [-0.1, -0.05) is 29.3 Å². The summed E-state index contributed by atoms with van der Waals surface area (Å²) in [6.07, 6.45) is 5.71. The van der Waals surface area contributed by atoms with Crippen LogP contribution < -0.4 is 5.32 Å². The van der Waals surface area contributed by atoms with E-state index in [1.165, 1.54) is 25.7 Å². The van der Waals surface area contributed by atoms with Crippen LogP contribution in [-0.4, -0.2) is 17.8 Å². The maximum atomic E-state index is 11.2. The van der Waals surface area contributed by atoms with Crippen molar-refractivity contribution in [3.8, 4) is 0 Å². The van der Waals surface area contributed by atoms with E-state index < -0.39 is 0 Å². The summed E-state index contributed by atoms with van der Waals surface area (Å²) in [6.45, 7) is 3.10. The van der Waals surface area contributed by atoms with Gasteiger partial charge in [-0.15, -0.1) is 0 Å². The van der Waals surface area contributed by atoms with Gasteiger partial charge in [0.05, 0.1) is 0 Å². The number of nitrogens with one attached hydrogen (secondary N) is 1. The highest BCUT2D eigenvalue weighted by atomic mass is 79.9. The molecular weight excluding hydrogens is 230 g/mol. The first-order chi connectivity index (χ1) is 6.22. The van der Waals surface area contributed by atoms with Gasteiger partial charge in [0.25, 0.3) is 0 Å². The summed E-state index contributed by atoms with van der Waals surface area (Å²) in [5, 5.41) is 3.77. The van der Waals surface area contributed by atoms with Gasteiger partial charge in [0.1, 0.15) is 0 Å². The summed E-state index contributed by atoms with van der Waals surface area (Å²) in [6, 6.07) is 0. The second-order valence-electron chi connectivity index (χ2n) is 3.92. The van der Waals surface area contributed by atoms with Crippen LogP contribution in [-0.2, 0) is 4.79 Å². The van der Waals surface area contributed by atoms with Crippen LogP contribution in [0.25, 0.3) is 0 Å². The minimum Gasteiger partial charge on any atom is -0.356 e. The molecule has 0 heterocycles. The van der Waals surface area contributed by atoms with Crippen LogP contribution in [0.4, 0.5) is 0 Å². The monoisotopic (exact) mass is 247 g/mol. The van der Waals surface area contributed by atoms with E-state index in [0.29, 0.717) is 11.8 Å². The molecule has 0 aromatic rings. The third-order valence-electron chi connectivity index (χ3n) is 3.15. The van der Waals surface area contributed by atoms with Crippen LogP contribution in [0.3, 0.4) is 0 Å². The topological polar surface area (TPSA) is 29.1 Å². The second-order valence-corrected chi connectivity index (χ2v) is 4.72. The standard InChI is InChI=1S/C10H18BrNO/c1-2-10(5-3-6-10)8-12-9(13)4-7-11/h2-8H2,1H3,(H,12,13). The number of hydrogen-bond donors (Lipinski definition) is 1. The SMILES string of the molecule is CCC1(CNC(=O)CCBr)CCC1. The fraction of sp³-hybridized carbons (Fsp3) is 0.900. The molecule has 13 heavy (non-hydrogen) atoms. The van der Waals surface area contributed by atoms with Crippen molar-refractivity contribution in [2.45, 2.75) is 39.0 Å². The molecule has 0 unspecified atom stereocenters. The molecule has 1 fully saturated rings. The van der Waals surface area contributed by atoms with E-state index in [4.69, 9.17) is 0 Å². The molecule has 0 aromatic heterocycles. The highest BCUT2D eigenvalue weighted by Crippen LogP contribution is 2.42. The maximum Gasteiger partial charge on any atom is 0.220 e. The number of carbonyl (C=O) groups excluding carboxylic acids is 1. The maximum absolute atomic E-state index is 11.2. The normalized spacial score (nSPS) is 19.2. The van der Waals surface area contributed by atoms with Crippen molar-refractivity contribution in [3.63, 3.8) is 0 Å². The van der Waals surface area contributed by atoms with Gasteiger partial charge in [0.2, 0.25) is 5.91 Å². The Morgan fingerprint density at radius 3 is 2.62 bits per heavy atom. The summed E-state index contributed by atoms with van der Waals surface area (Å²) >= 11 is 3.26. The molecule has 0 aliphatic heterocycles. The van der Waals surface area contributed by atoms with Gasteiger partial charge in [-0.05, 0) is 24.7 Å². The van der Waals surface area contributed by atoms with Crippen molar-refractivity contribution >= 4 is 21.8 Å². The van der Waals surface area contributed by atoms with Crippen LogP contribution in [0.1, 0.15) is 39.0 Å². The number of amides is 1. The van der Waals surface area contributed by atoms with Crippen molar-refractivity contribution in [2.75, 3.05) is 11.9 Å². The van der Waals surface area contributed by atoms with Gasteiger partial charge >= 0.3 is 0 Å². The fourth-order valence-electron chi connectivity index (χ4n) is 1.79. The smallest absolute Gasteiger partial charge is 0.220 e. The molecule has 0 bridgehead atoms. The van der Waals surface area contributed by atoms with Crippen LogP contribution in [0.15, 0.2) is 0 Å². The number of alkyl halides is 1. The third-order valence-corrected chi connectivity index (χ3v) is 3.54. The third kappa shape index (κ3) is 2.97. The van der Waals surface area contributed by atoms with E-state index in [1.54, 1.807) is 0 Å². The lowest BCUT2D eigenvalue weighted by molar-refractivity contribution is -0.121. The van der Waals surface area contributed by atoms with Gasteiger partial charge in [-0.2, -0.15) is 0 Å². The number of hydrogen-bond acceptors (Lipinski definition) is 1. The first-order valence-electron chi connectivity index (χ1n) is 5.05. The van der Waals surface area contributed by atoms with Crippen LogP contribution >= 0.6 is 15.9 Å². The van der Waals surface area contributed by atoms with E-state index >= 15 is 0 Å². The van der Waals surface area contributed by atoms with E-state index in [2.05, 4.69) is 28.2 Å². The quantitative estimate of drug-likeness (QED) is 0.744. The molecule has 3 heteroatoms. The molecule has 0 radical (unpaired) electrons. The Morgan fingerprint density at radius 1 is 1.54 bits per heavy atom. The van der Waals surface area contributed by atoms with Crippen LogP contribution in [0.2, 0.25) is 0 Å². The van der Waals surface area contributed by atoms with Crippen molar-refractivity contribution in [1.82, 2.24) is 5.32 Å². The average molecular weight is 248 g/mol. The first kappa shape index (κ1) is 11.0. The molecule has 0 saturated heterocycles. The highest BCUT2D eigenvalue weighted by molar-refractivity contribution is 9.09. The molecule has 0 aromatic carbocycles. The molecule has 1 N–H and O–H groups in total. The van der Waals surface area contributed by atoms with Crippen molar-refractivity contribution < 1.29 is 4.79 Å². The molecule has 1 amide bonds. The molecular formula is C10H18BrNO. The van der Waals surface area contributed by atoms with Gasteiger partial charge in [-0.25, -0.2) is 0 Å². The molecule has 1 aliphatic rings. The van der Waals surface area contributed by atoms with E-state index in [0.717, 1.165) is 11.9 Å². The molecule has 76 valence electrons. The van der Waals surface area contributed by atoms with E-state index in [-0.39, 0.29) is 5.91 Å². The van der Waals surface area contributed by atoms with Gasteiger partial charge in [-0.3, -0.25) is 4.79 Å².